The standard InChI is InChI=1S/C27H32N4O4/c1-18(29-26(33)35-27(2,3)4)24(32)34-22-12-15-31(16-13-22)25-28-14-11-23(30-25)21-10-9-19-7-5-6-8-20(19)17-21/h5-11,14,17-18,22H,12-13,15-16H2,1-4H3,(H,29,33). The Morgan fingerprint density at radius 3 is 2.49 bits per heavy atom. The normalized spacial score (nSPS) is 15.5. The van der Waals surface area contributed by atoms with E-state index >= 15 is 0 Å². The van der Waals surface area contributed by atoms with Gasteiger partial charge in [0.1, 0.15) is 17.7 Å². The van der Waals surface area contributed by atoms with Crippen LogP contribution in [0.3, 0.4) is 0 Å². The molecule has 0 aliphatic carbocycles. The molecule has 1 fully saturated rings. The molecule has 0 spiro atoms. The van der Waals surface area contributed by atoms with Crippen LogP contribution in [0, 0.1) is 0 Å². The molecule has 8 heteroatoms. The highest BCUT2D eigenvalue weighted by molar-refractivity contribution is 5.86. The van der Waals surface area contributed by atoms with Gasteiger partial charge in [0.2, 0.25) is 5.95 Å². The molecule has 1 unspecified atom stereocenters. The quantitative estimate of drug-likeness (QED) is 0.533. The van der Waals surface area contributed by atoms with Crippen molar-refractivity contribution in [3.05, 3.63) is 54.7 Å². The highest BCUT2D eigenvalue weighted by Crippen LogP contribution is 2.25. The number of alkyl carbamates (subject to hydrolysis) is 1. The zero-order valence-corrected chi connectivity index (χ0v) is 20.7. The Kier molecular flexibility index (Phi) is 7.19. The van der Waals surface area contributed by atoms with Crippen molar-refractivity contribution in [3.8, 4) is 11.3 Å². The first kappa shape index (κ1) is 24.4. The van der Waals surface area contributed by atoms with E-state index in [-0.39, 0.29) is 6.10 Å². The average molecular weight is 477 g/mol. The number of ether oxygens (including phenoxy) is 2. The van der Waals surface area contributed by atoms with Gasteiger partial charge in [-0.3, -0.25) is 0 Å². The summed E-state index contributed by atoms with van der Waals surface area (Å²) in [5.41, 5.74) is 1.28. The smallest absolute Gasteiger partial charge is 0.408 e. The molecule has 184 valence electrons. The van der Waals surface area contributed by atoms with E-state index < -0.39 is 23.7 Å². The maximum absolute atomic E-state index is 12.4. The van der Waals surface area contributed by atoms with E-state index in [0.29, 0.717) is 31.9 Å². The second-order valence-corrected chi connectivity index (χ2v) is 9.80. The highest BCUT2D eigenvalue weighted by Gasteiger charge is 2.27. The van der Waals surface area contributed by atoms with Gasteiger partial charge in [0.25, 0.3) is 0 Å². The first-order chi connectivity index (χ1) is 16.7. The van der Waals surface area contributed by atoms with E-state index in [1.165, 1.54) is 10.8 Å². The molecule has 3 aromatic rings. The Morgan fingerprint density at radius 2 is 1.77 bits per heavy atom. The molecule has 0 bridgehead atoms. The van der Waals surface area contributed by atoms with E-state index in [2.05, 4.69) is 45.5 Å². The van der Waals surface area contributed by atoms with E-state index in [9.17, 15) is 9.59 Å². The second-order valence-electron chi connectivity index (χ2n) is 9.80. The number of hydrogen-bond donors (Lipinski definition) is 1. The molecule has 1 amide bonds. The van der Waals surface area contributed by atoms with Crippen LogP contribution >= 0.6 is 0 Å². The van der Waals surface area contributed by atoms with Crippen LogP contribution in [0.1, 0.15) is 40.5 Å². The molecule has 1 aliphatic rings. The Balaban J connectivity index is 1.32. The number of rotatable bonds is 5. The first-order valence-electron chi connectivity index (χ1n) is 11.9. The van der Waals surface area contributed by atoms with Gasteiger partial charge in [-0.1, -0.05) is 36.4 Å². The Hall–Kier alpha value is -3.68. The van der Waals surface area contributed by atoms with Gasteiger partial charge in [0.05, 0.1) is 5.69 Å². The molecular weight excluding hydrogens is 444 g/mol. The van der Waals surface area contributed by atoms with E-state index in [4.69, 9.17) is 14.5 Å². The number of hydrogen-bond acceptors (Lipinski definition) is 7. The lowest BCUT2D eigenvalue weighted by Crippen LogP contribution is -2.45. The van der Waals surface area contributed by atoms with Gasteiger partial charge in [-0.2, -0.15) is 0 Å². The number of carbonyl (C=O) groups is 2. The molecule has 2 heterocycles. The summed E-state index contributed by atoms with van der Waals surface area (Å²) in [7, 11) is 0. The molecule has 0 saturated carbocycles. The number of carbonyl (C=O) groups excluding carboxylic acids is 2. The van der Waals surface area contributed by atoms with Crippen LogP contribution in [0.4, 0.5) is 10.7 Å². The van der Waals surface area contributed by atoms with Crippen LogP contribution in [-0.4, -0.2) is 52.9 Å². The largest absolute Gasteiger partial charge is 0.461 e. The fraction of sp³-hybridized carbons (Fsp3) is 0.407. The average Bonchev–Trinajstić information content (AvgIpc) is 2.83. The van der Waals surface area contributed by atoms with Gasteiger partial charge in [0.15, 0.2) is 0 Å². The van der Waals surface area contributed by atoms with Crippen molar-refractivity contribution in [1.82, 2.24) is 15.3 Å². The SMILES string of the molecule is CC(NC(=O)OC(C)(C)C)C(=O)OC1CCN(c2nccc(-c3ccc4ccccc4c3)n2)CC1. The third-order valence-corrected chi connectivity index (χ3v) is 5.78. The number of esters is 1. The van der Waals surface area contributed by atoms with Crippen LogP contribution in [0.5, 0.6) is 0 Å². The summed E-state index contributed by atoms with van der Waals surface area (Å²) in [6, 6.07) is 15.7. The number of nitrogens with one attached hydrogen (secondary N) is 1. The van der Waals surface area contributed by atoms with Crippen molar-refractivity contribution in [3.63, 3.8) is 0 Å². The minimum absolute atomic E-state index is 0.217. The summed E-state index contributed by atoms with van der Waals surface area (Å²) in [6.45, 7) is 8.24. The molecule has 8 nitrogen and oxygen atoms in total. The number of piperidine rings is 1. The van der Waals surface area contributed by atoms with Gasteiger partial charge < -0.3 is 19.7 Å². The molecule has 4 rings (SSSR count). The predicted octanol–water partition coefficient (Wildman–Crippen LogP) is 4.72. The van der Waals surface area contributed by atoms with Gasteiger partial charge in [-0.15, -0.1) is 0 Å². The number of anilines is 1. The molecule has 35 heavy (non-hydrogen) atoms. The van der Waals surface area contributed by atoms with Gasteiger partial charge >= 0.3 is 12.1 Å². The number of nitrogens with zero attached hydrogens (tertiary/aromatic N) is 3. The van der Waals surface area contributed by atoms with Crippen molar-refractivity contribution in [2.75, 3.05) is 18.0 Å². The number of fused-ring (bicyclic) bond motifs is 1. The highest BCUT2D eigenvalue weighted by atomic mass is 16.6. The maximum atomic E-state index is 12.4. The van der Waals surface area contributed by atoms with E-state index in [0.717, 1.165) is 11.3 Å². The molecule has 1 aliphatic heterocycles. The zero-order valence-electron chi connectivity index (χ0n) is 20.7. The summed E-state index contributed by atoms with van der Waals surface area (Å²) in [5, 5.41) is 4.89. The van der Waals surface area contributed by atoms with Crippen LogP contribution in [-0.2, 0) is 14.3 Å². The minimum Gasteiger partial charge on any atom is -0.461 e. The Labute approximate surface area is 205 Å². The van der Waals surface area contributed by atoms with Gasteiger partial charge in [-0.25, -0.2) is 19.6 Å². The fourth-order valence-electron chi connectivity index (χ4n) is 3.99. The molecular formula is C27H32N4O4. The monoisotopic (exact) mass is 476 g/mol. The van der Waals surface area contributed by atoms with Crippen molar-refractivity contribution in [2.24, 2.45) is 0 Å². The summed E-state index contributed by atoms with van der Waals surface area (Å²) >= 11 is 0. The zero-order chi connectivity index (χ0) is 25.0. The topological polar surface area (TPSA) is 93.6 Å². The lowest BCUT2D eigenvalue weighted by atomic mass is 10.1. The van der Waals surface area contributed by atoms with Crippen molar-refractivity contribution in [1.29, 1.82) is 0 Å². The minimum atomic E-state index is -0.787. The molecule has 0 radical (unpaired) electrons. The number of aromatic nitrogens is 2. The summed E-state index contributed by atoms with van der Waals surface area (Å²) in [5.74, 6) is 0.198. The van der Waals surface area contributed by atoms with E-state index in [1.54, 1.807) is 33.9 Å². The lowest BCUT2D eigenvalue weighted by Gasteiger charge is -2.32. The Morgan fingerprint density at radius 1 is 1.06 bits per heavy atom. The van der Waals surface area contributed by atoms with E-state index in [1.807, 2.05) is 18.2 Å². The van der Waals surface area contributed by atoms with Crippen LogP contribution in [0.15, 0.2) is 54.7 Å². The molecule has 1 aromatic heterocycles. The van der Waals surface area contributed by atoms with Gasteiger partial charge in [-0.05, 0) is 50.6 Å². The lowest BCUT2D eigenvalue weighted by molar-refractivity contribution is -0.152. The molecule has 1 saturated heterocycles. The summed E-state index contributed by atoms with van der Waals surface area (Å²) in [4.78, 5) is 35.7. The molecule has 2 aromatic carbocycles. The number of benzene rings is 2. The first-order valence-corrected chi connectivity index (χ1v) is 11.9. The maximum Gasteiger partial charge on any atom is 0.408 e. The van der Waals surface area contributed by atoms with Crippen molar-refractivity contribution >= 4 is 28.8 Å². The van der Waals surface area contributed by atoms with Crippen LogP contribution in [0.2, 0.25) is 0 Å². The van der Waals surface area contributed by atoms with Crippen LogP contribution in [0.25, 0.3) is 22.0 Å². The van der Waals surface area contributed by atoms with Crippen molar-refractivity contribution < 1.29 is 19.1 Å². The number of amides is 1. The summed E-state index contributed by atoms with van der Waals surface area (Å²) < 4.78 is 10.8. The Bertz CT molecular complexity index is 1200. The third kappa shape index (κ3) is 6.47. The third-order valence-electron chi connectivity index (χ3n) is 5.78. The summed E-state index contributed by atoms with van der Waals surface area (Å²) in [6.07, 6.45) is 2.25. The van der Waals surface area contributed by atoms with Crippen molar-refractivity contribution in [2.45, 2.75) is 58.3 Å². The predicted molar refractivity (Wildman–Crippen MR) is 135 cm³/mol. The fourth-order valence-corrected chi connectivity index (χ4v) is 3.99. The molecule has 1 atom stereocenters. The second kappa shape index (κ2) is 10.3. The molecule has 1 N–H and O–H groups in total. The van der Waals surface area contributed by atoms with Crippen LogP contribution < -0.4 is 10.2 Å². The van der Waals surface area contributed by atoms with Gasteiger partial charge in [0, 0.05) is 37.7 Å².